The van der Waals surface area contributed by atoms with E-state index in [0.29, 0.717) is 0 Å². The molecule has 21 heavy (non-hydrogen) atoms. The Morgan fingerprint density at radius 3 is 1.62 bits per heavy atom. The van der Waals surface area contributed by atoms with Crippen molar-refractivity contribution in [3.05, 3.63) is 0 Å². The van der Waals surface area contributed by atoms with Crippen LogP contribution in [0.25, 0.3) is 0 Å². The second-order valence-electron chi connectivity index (χ2n) is 3.15. The van der Waals surface area contributed by atoms with Crippen LogP contribution in [-0.2, 0) is 29.6 Å². The monoisotopic (exact) mass is 363 g/mol. The van der Waals surface area contributed by atoms with Crippen molar-refractivity contribution >= 4 is 32.3 Å². The van der Waals surface area contributed by atoms with Crippen LogP contribution in [-0.4, -0.2) is 41.4 Å². The first-order valence-electron chi connectivity index (χ1n) is 4.28. The van der Waals surface area contributed by atoms with Gasteiger partial charge in [0.15, 0.2) is 11.5 Å². The molecule has 0 aromatic heterocycles. The fraction of sp³-hybridized carbons (Fsp3) is 0. The molecule has 0 atom stereocenters. The highest BCUT2D eigenvalue weighted by Gasteiger charge is 2.26. The predicted octanol–water partition coefficient (Wildman–Crippen LogP) is -1.59. The predicted molar refractivity (Wildman–Crippen MR) is 55.8 cm³/mol. The summed E-state index contributed by atoms with van der Waals surface area (Å²) in [6, 6.07) is 0. The van der Waals surface area contributed by atoms with Crippen LogP contribution < -0.4 is 5.11 Å². The summed E-state index contributed by atoms with van der Waals surface area (Å²) < 4.78 is 68.9. The average molecular weight is 363 g/mol. The van der Waals surface area contributed by atoms with Crippen molar-refractivity contribution in [2.75, 3.05) is 0 Å². The number of phenolic OH excluding ortho intramolecular Hbond substituents is 2. The number of hydrogen-bond acceptors (Lipinski definition) is 13. The van der Waals surface area contributed by atoms with Crippen LogP contribution in [0.3, 0.4) is 0 Å². The highest BCUT2D eigenvalue weighted by Crippen LogP contribution is 2.49. The Labute approximate surface area is 120 Å². The number of phenols is 2. The molecule has 1 aromatic rings. The summed E-state index contributed by atoms with van der Waals surface area (Å²) in [4.78, 5) is -5.20. The van der Waals surface area contributed by atoms with Gasteiger partial charge >= 0.3 is 0 Å². The number of aromatic hydroxyl groups is 2. The van der Waals surface area contributed by atoms with E-state index in [-0.39, 0.29) is 12.0 Å². The summed E-state index contributed by atoms with van der Waals surface area (Å²) >= 11 is -0.375. The topological polar surface area (TPSA) is 217 Å². The third kappa shape index (κ3) is 3.47. The molecule has 0 saturated heterocycles. The van der Waals surface area contributed by atoms with Crippen LogP contribution in [0.2, 0.25) is 0 Å². The molecular formula is C6H3O12S3-3. The zero-order chi connectivity index (χ0) is 16.6. The van der Waals surface area contributed by atoms with Gasteiger partial charge in [-0.1, -0.05) is 10.8 Å². The maximum absolute atomic E-state index is 11.5. The molecule has 0 radical (unpaired) electrons. The largest absolute Gasteiger partial charge is 0.871 e. The molecule has 12 nitrogen and oxygen atoms in total. The average Bonchev–Trinajstić information content (AvgIpc) is 2.24. The van der Waals surface area contributed by atoms with Crippen LogP contribution in [0.4, 0.5) is 0 Å². The minimum Gasteiger partial charge on any atom is -0.871 e. The molecule has 0 unspecified atom stereocenters. The van der Waals surface area contributed by atoms with E-state index >= 15 is 0 Å². The van der Waals surface area contributed by atoms with Gasteiger partial charge in [0.05, 0.1) is 21.8 Å². The minimum atomic E-state index is -5.71. The van der Waals surface area contributed by atoms with Gasteiger partial charge in [-0.05, 0) is 0 Å². The van der Waals surface area contributed by atoms with Gasteiger partial charge in [0, 0.05) is 0 Å². The van der Waals surface area contributed by atoms with Gasteiger partial charge in [0.2, 0.25) is 0 Å². The highest BCUT2D eigenvalue weighted by molar-refractivity contribution is 7.95. The molecule has 1 aromatic carbocycles. The van der Waals surface area contributed by atoms with E-state index in [1.54, 1.807) is 0 Å². The minimum absolute atomic E-state index is 0.375. The first-order valence-corrected chi connectivity index (χ1v) is 7.84. The molecule has 0 bridgehead atoms. The smallest absolute Gasteiger partial charge is 0.152 e. The molecule has 0 aliphatic rings. The first kappa shape index (κ1) is 17.7. The molecule has 0 fully saturated rings. The molecule has 15 heteroatoms. The van der Waals surface area contributed by atoms with Crippen LogP contribution in [0.15, 0.2) is 14.7 Å². The van der Waals surface area contributed by atoms with Gasteiger partial charge in [-0.25, -0.2) is 22.1 Å². The molecule has 0 heterocycles. The summed E-state index contributed by atoms with van der Waals surface area (Å²) in [7, 11) is -11.4. The highest BCUT2D eigenvalue weighted by atomic mass is 32.2. The van der Waals surface area contributed by atoms with E-state index in [1.807, 2.05) is 0 Å². The lowest BCUT2D eigenvalue weighted by Crippen LogP contribution is -2.12. The zero-order valence-electron chi connectivity index (χ0n) is 9.24. The Kier molecular flexibility index (Phi) is 4.90. The van der Waals surface area contributed by atoms with E-state index in [4.69, 9.17) is 5.26 Å². The van der Waals surface area contributed by atoms with E-state index in [0.717, 1.165) is 0 Å². The Morgan fingerprint density at radius 2 is 1.33 bits per heavy atom. The van der Waals surface area contributed by atoms with Crippen LogP contribution in [0.5, 0.6) is 17.2 Å². The maximum Gasteiger partial charge on any atom is 0.152 e. The van der Waals surface area contributed by atoms with Gasteiger partial charge < -0.3 is 24.4 Å². The Hall–Kier alpha value is -1.33. The molecule has 3 N–H and O–H groups in total. The Balaban J connectivity index is 3.93. The molecule has 0 spiro atoms. The van der Waals surface area contributed by atoms with Crippen molar-refractivity contribution in [3.8, 4) is 17.2 Å². The maximum atomic E-state index is 11.5. The van der Waals surface area contributed by atoms with Crippen molar-refractivity contribution in [2.24, 2.45) is 0 Å². The second-order valence-corrected chi connectivity index (χ2v) is 6.49. The molecule has 0 aliphatic carbocycles. The second kappa shape index (κ2) is 5.81. The van der Waals surface area contributed by atoms with E-state index in [9.17, 15) is 41.3 Å². The lowest BCUT2D eigenvalue weighted by Gasteiger charge is -2.25. The quantitative estimate of drug-likeness (QED) is 0.233. The van der Waals surface area contributed by atoms with Crippen molar-refractivity contribution in [1.29, 1.82) is 0 Å². The zero-order valence-corrected chi connectivity index (χ0v) is 11.7. The molecule has 0 aliphatic heterocycles. The first-order chi connectivity index (χ1) is 9.42. The summed E-state index contributed by atoms with van der Waals surface area (Å²) in [6.07, 6.45) is 0. The van der Waals surface area contributed by atoms with Crippen molar-refractivity contribution < 1.29 is 55.9 Å². The van der Waals surface area contributed by atoms with Crippen molar-refractivity contribution in [3.63, 3.8) is 0 Å². The van der Waals surface area contributed by atoms with Gasteiger partial charge in [-0.3, -0.25) is 0 Å². The summed E-state index contributed by atoms with van der Waals surface area (Å²) in [5, 5.41) is 41.3. The molecule has 120 valence electrons. The number of rotatable bonds is 5. The van der Waals surface area contributed by atoms with Crippen LogP contribution in [0.1, 0.15) is 0 Å². The van der Waals surface area contributed by atoms with Gasteiger partial charge in [0.25, 0.3) is 0 Å². The lowest BCUT2D eigenvalue weighted by molar-refractivity contribution is -0.432. The van der Waals surface area contributed by atoms with E-state index in [2.05, 4.69) is 9.37 Å². The SMILES string of the molecule is O=S(=O)([O-])c1c([O-])c(S(=O)(=O)[O-])c(O)c(SOOO)c1O. The van der Waals surface area contributed by atoms with Gasteiger partial charge in [-0.2, -0.15) is 0 Å². The summed E-state index contributed by atoms with van der Waals surface area (Å²) in [5.74, 6) is -5.56. The molecule has 0 amide bonds. The summed E-state index contributed by atoms with van der Waals surface area (Å²) in [5.41, 5.74) is 0. The summed E-state index contributed by atoms with van der Waals surface area (Å²) in [6.45, 7) is 0. The Morgan fingerprint density at radius 1 is 0.952 bits per heavy atom. The lowest BCUT2D eigenvalue weighted by atomic mass is 10.3. The third-order valence-corrected chi connectivity index (χ3v) is 4.36. The molecule has 0 saturated carbocycles. The normalized spacial score (nSPS) is 12.5. The van der Waals surface area contributed by atoms with E-state index < -0.39 is 52.2 Å². The van der Waals surface area contributed by atoms with Gasteiger partial charge in [0.1, 0.15) is 25.1 Å². The van der Waals surface area contributed by atoms with Crippen LogP contribution in [0, 0.1) is 0 Å². The van der Waals surface area contributed by atoms with E-state index in [1.165, 1.54) is 0 Å². The fourth-order valence-electron chi connectivity index (χ4n) is 1.23. The van der Waals surface area contributed by atoms with Crippen molar-refractivity contribution in [1.82, 2.24) is 0 Å². The molecule has 1 rings (SSSR count). The number of benzene rings is 1. The Bertz CT molecular complexity index is 704. The number of hydrogen-bond donors (Lipinski definition) is 3. The fourth-order valence-corrected chi connectivity index (χ4v) is 3.22. The van der Waals surface area contributed by atoms with Crippen LogP contribution >= 0.6 is 12.0 Å². The van der Waals surface area contributed by atoms with Gasteiger partial charge in [-0.15, -0.1) is 4.33 Å². The van der Waals surface area contributed by atoms with Crippen molar-refractivity contribution in [2.45, 2.75) is 14.7 Å². The standard InChI is InChI=1S/C6H6O12S3/c7-1-4(19-18-17-10)2(8)6(21(14,15)16)3(9)5(1)20(11,12)13/h7-10H,(H,11,12,13)(H,14,15,16)/p-3. The third-order valence-electron chi connectivity index (χ3n) is 1.92. The molecular weight excluding hydrogens is 360 g/mol.